The number of ether oxygens (including phenoxy) is 2. The fourth-order valence-corrected chi connectivity index (χ4v) is 5.38. The molecule has 2 aromatic rings. The molecule has 2 aliphatic rings. The molecule has 0 aromatic heterocycles. The average molecular weight is 518 g/mol. The zero-order valence-corrected chi connectivity index (χ0v) is 21.1. The summed E-state index contributed by atoms with van der Waals surface area (Å²) in [5.41, 5.74) is -0.891. The van der Waals surface area contributed by atoms with E-state index >= 15 is 0 Å². The van der Waals surface area contributed by atoms with Crippen LogP contribution in [0.1, 0.15) is 44.1 Å². The second-order valence-corrected chi connectivity index (χ2v) is 9.69. The Balaban J connectivity index is 0.00000306. The van der Waals surface area contributed by atoms with Crippen LogP contribution >= 0.6 is 0 Å². The van der Waals surface area contributed by atoms with Gasteiger partial charge < -0.3 is 36.0 Å². The van der Waals surface area contributed by atoms with Gasteiger partial charge in [0.25, 0.3) is 0 Å². The number of benzene rings is 2. The molecule has 6 heteroatoms. The number of para-hydroxylation sites is 1. The Morgan fingerprint density at radius 1 is 1.03 bits per heavy atom. The highest BCUT2D eigenvalue weighted by molar-refractivity contribution is 5.81. The highest BCUT2D eigenvalue weighted by Crippen LogP contribution is 2.42. The summed E-state index contributed by atoms with van der Waals surface area (Å²) < 4.78 is 12.7. The van der Waals surface area contributed by atoms with E-state index in [0.717, 1.165) is 68.4 Å². The summed E-state index contributed by atoms with van der Waals surface area (Å²) in [6.45, 7) is 3.41. The Morgan fingerprint density at radius 3 is 2.33 bits per heavy atom. The van der Waals surface area contributed by atoms with Gasteiger partial charge in [-0.1, -0.05) is 61.4 Å². The van der Waals surface area contributed by atoms with Crippen molar-refractivity contribution in [2.45, 2.75) is 50.2 Å². The lowest BCUT2D eigenvalue weighted by molar-refractivity contribution is -0.899. The van der Waals surface area contributed by atoms with Crippen LogP contribution in [0.5, 0.6) is 5.75 Å². The number of esters is 1. The quantitative estimate of drug-likeness (QED) is 0.309. The Kier molecular flexibility index (Phi) is 8.96. The number of carbonyl (C=O) groups is 1. The Bertz CT molecular complexity index is 874. The van der Waals surface area contributed by atoms with Crippen molar-refractivity contribution in [1.82, 2.24) is 0 Å². The van der Waals surface area contributed by atoms with Gasteiger partial charge in [0.05, 0.1) is 26.7 Å². The van der Waals surface area contributed by atoms with E-state index in [-0.39, 0.29) is 29.0 Å². The number of likely N-dealkylation sites (tertiary alicyclic amines) is 1. The van der Waals surface area contributed by atoms with Crippen molar-refractivity contribution in [2.75, 3.05) is 33.3 Å². The topological polar surface area (TPSA) is 55.8 Å². The van der Waals surface area contributed by atoms with Crippen LogP contribution in [0, 0.1) is 5.92 Å². The van der Waals surface area contributed by atoms with Crippen LogP contribution in [0.15, 0.2) is 60.7 Å². The van der Waals surface area contributed by atoms with Gasteiger partial charge in [-0.15, -0.1) is 0 Å². The SMILES string of the molecule is C[N+]1(CCCOc2ccccc2)CC[C@@H](OC(=O)[C@@](O)(c2ccccc2)C2CCCC2)C1.[Br-]. The van der Waals surface area contributed by atoms with Gasteiger partial charge >= 0.3 is 5.97 Å². The standard InChI is InChI=1S/C27H36NO4.BrH/c1-28(18-10-20-31-24-15-6-3-7-16-24)19-17-25(21-28)32-26(29)27(30,23-13-8-9-14-23)22-11-4-2-5-12-22;/h2-7,11-12,15-16,23,25,30H,8-10,13-14,17-21H2,1H3;1H/q+1;/p-1/t25-,27-,28?;/m1./s1. The van der Waals surface area contributed by atoms with Gasteiger partial charge in [0, 0.05) is 18.8 Å². The number of hydrogen-bond acceptors (Lipinski definition) is 4. The summed E-state index contributed by atoms with van der Waals surface area (Å²) >= 11 is 0. The van der Waals surface area contributed by atoms with Gasteiger partial charge in [-0.3, -0.25) is 0 Å². The fourth-order valence-electron chi connectivity index (χ4n) is 5.38. The Morgan fingerprint density at radius 2 is 1.67 bits per heavy atom. The fraction of sp³-hybridized carbons (Fsp3) is 0.519. The van der Waals surface area contributed by atoms with Crippen LogP contribution in [0.3, 0.4) is 0 Å². The molecule has 1 saturated heterocycles. The summed E-state index contributed by atoms with van der Waals surface area (Å²) in [6, 6.07) is 19.2. The number of carbonyl (C=O) groups excluding carboxylic acids is 1. The van der Waals surface area contributed by atoms with E-state index in [2.05, 4.69) is 7.05 Å². The van der Waals surface area contributed by atoms with Crippen LogP contribution in [-0.4, -0.2) is 55.0 Å². The minimum Gasteiger partial charge on any atom is -1.00 e. The van der Waals surface area contributed by atoms with Gasteiger partial charge in [0.2, 0.25) is 0 Å². The molecule has 1 heterocycles. The van der Waals surface area contributed by atoms with Crippen molar-refractivity contribution in [2.24, 2.45) is 5.92 Å². The molecule has 0 amide bonds. The molecule has 0 spiro atoms. The molecule has 0 radical (unpaired) electrons. The minimum absolute atomic E-state index is 0. The smallest absolute Gasteiger partial charge is 0.343 e. The van der Waals surface area contributed by atoms with E-state index < -0.39 is 11.6 Å². The lowest BCUT2D eigenvalue weighted by atomic mass is 9.80. The number of nitrogens with zero attached hydrogens (tertiary/aromatic N) is 1. The zero-order valence-electron chi connectivity index (χ0n) is 19.5. The maximum absolute atomic E-state index is 13.3. The van der Waals surface area contributed by atoms with E-state index in [1.165, 1.54) is 0 Å². The van der Waals surface area contributed by atoms with Crippen LogP contribution in [-0.2, 0) is 15.1 Å². The number of likely N-dealkylation sites (N-methyl/N-ethyl adjacent to an activating group) is 1. The summed E-state index contributed by atoms with van der Waals surface area (Å²) in [5, 5.41) is 11.6. The molecular weight excluding hydrogens is 482 g/mol. The monoisotopic (exact) mass is 517 g/mol. The molecule has 0 bridgehead atoms. The van der Waals surface area contributed by atoms with Crippen LogP contribution < -0.4 is 21.7 Å². The van der Waals surface area contributed by atoms with Crippen molar-refractivity contribution in [3.05, 3.63) is 66.2 Å². The molecule has 180 valence electrons. The molecule has 1 aliphatic heterocycles. The lowest BCUT2D eigenvalue weighted by Crippen LogP contribution is -3.00. The van der Waals surface area contributed by atoms with E-state index in [1.807, 2.05) is 60.7 Å². The van der Waals surface area contributed by atoms with E-state index in [1.54, 1.807) is 0 Å². The molecule has 1 N–H and O–H groups in total. The maximum atomic E-state index is 13.3. The van der Waals surface area contributed by atoms with Crippen molar-refractivity contribution in [3.63, 3.8) is 0 Å². The van der Waals surface area contributed by atoms with Crippen molar-refractivity contribution >= 4 is 5.97 Å². The minimum atomic E-state index is -1.55. The summed E-state index contributed by atoms with van der Waals surface area (Å²) in [7, 11) is 2.22. The predicted molar refractivity (Wildman–Crippen MR) is 124 cm³/mol. The third-order valence-corrected chi connectivity index (χ3v) is 7.23. The number of rotatable bonds is 9. The lowest BCUT2D eigenvalue weighted by Gasteiger charge is -2.33. The molecule has 33 heavy (non-hydrogen) atoms. The molecule has 1 unspecified atom stereocenters. The average Bonchev–Trinajstić information content (AvgIpc) is 3.48. The van der Waals surface area contributed by atoms with Crippen molar-refractivity contribution in [1.29, 1.82) is 0 Å². The number of quaternary nitrogens is 1. The molecule has 1 saturated carbocycles. The Hall–Kier alpha value is -1.89. The number of halogens is 1. The van der Waals surface area contributed by atoms with Crippen molar-refractivity contribution < 1.29 is 40.8 Å². The zero-order chi connectivity index (χ0) is 22.4. The molecular formula is C27H36BrNO4. The van der Waals surface area contributed by atoms with Crippen LogP contribution in [0.2, 0.25) is 0 Å². The van der Waals surface area contributed by atoms with Gasteiger partial charge in [-0.25, -0.2) is 4.79 Å². The molecule has 1 aliphatic carbocycles. The molecule has 2 aromatic carbocycles. The first-order valence-electron chi connectivity index (χ1n) is 12.0. The third kappa shape index (κ3) is 6.17. The summed E-state index contributed by atoms with van der Waals surface area (Å²) in [4.78, 5) is 13.3. The molecule has 5 nitrogen and oxygen atoms in total. The second kappa shape index (κ2) is 11.5. The molecule has 2 fully saturated rings. The van der Waals surface area contributed by atoms with E-state index in [9.17, 15) is 9.90 Å². The molecule has 3 atom stereocenters. The van der Waals surface area contributed by atoms with Gasteiger partial charge in [0.15, 0.2) is 11.7 Å². The van der Waals surface area contributed by atoms with Crippen LogP contribution in [0.4, 0.5) is 0 Å². The van der Waals surface area contributed by atoms with Gasteiger partial charge in [0.1, 0.15) is 12.3 Å². The summed E-state index contributed by atoms with van der Waals surface area (Å²) in [6.07, 6.45) is 5.45. The second-order valence-electron chi connectivity index (χ2n) is 9.69. The van der Waals surface area contributed by atoms with Crippen molar-refractivity contribution in [3.8, 4) is 5.75 Å². The third-order valence-electron chi connectivity index (χ3n) is 7.23. The molecule has 4 rings (SSSR count). The first-order valence-corrected chi connectivity index (χ1v) is 12.0. The number of hydrogen-bond donors (Lipinski definition) is 1. The first-order chi connectivity index (χ1) is 15.5. The van der Waals surface area contributed by atoms with Crippen LogP contribution in [0.25, 0.3) is 0 Å². The maximum Gasteiger partial charge on any atom is 0.343 e. The normalized spacial score (nSPS) is 24.6. The predicted octanol–water partition coefficient (Wildman–Crippen LogP) is 1.30. The van der Waals surface area contributed by atoms with Gasteiger partial charge in [-0.2, -0.15) is 0 Å². The van der Waals surface area contributed by atoms with E-state index in [4.69, 9.17) is 9.47 Å². The highest BCUT2D eigenvalue weighted by Gasteiger charge is 2.49. The summed E-state index contributed by atoms with van der Waals surface area (Å²) in [5.74, 6) is 0.353. The van der Waals surface area contributed by atoms with Gasteiger partial charge in [-0.05, 0) is 30.5 Å². The highest BCUT2D eigenvalue weighted by atomic mass is 79.9. The first kappa shape index (κ1) is 25.7. The number of aliphatic hydroxyl groups is 1. The largest absolute Gasteiger partial charge is 1.00 e. The van der Waals surface area contributed by atoms with E-state index in [0.29, 0.717) is 12.2 Å². The Labute approximate surface area is 208 Å².